The van der Waals surface area contributed by atoms with Gasteiger partial charge in [-0.3, -0.25) is 83.9 Å². The van der Waals surface area contributed by atoms with Crippen molar-refractivity contribution in [1.29, 1.82) is 0 Å². The number of nitrogen functional groups attached to an aromatic ring is 3. The predicted octanol–water partition coefficient (Wildman–Crippen LogP) is 2.67. The summed E-state index contributed by atoms with van der Waals surface area (Å²) in [5.74, 6) is -1.45. The molecular weight excluding hydrogens is 2020 g/mol. The summed E-state index contributed by atoms with van der Waals surface area (Å²) in [6, 6.07) is 6.48. The molecule has 0 bridgehead atoms. The van der Waals surface area contributed by atoms with Gasteiger partial charge in [0.05, 0.1) is 107 Å². The second kappa shape index (κ2) is 49.2. The molecule has 24 atom stereocenters. The predicted molar refractivity (Wildman–Crippen MR) is 494 cm³/mol. The molecule has 0 aromatic carbocycles. The van der Waals surface area contributed by atoms with E-state index in [9.17, 15) is 87.5 Å². The lowest BCUT2D eigenvalue weighted by Gasteiger charge is -2.28. The molecule has 15 N–H and O–H groups in total. The van der Waals surface area contributed by atoms with Crippen LogP contribution in [-0.2, 0) is 112 Å². The summed E-state index contributed by atoms with van der Waals surface area (Å²) < 4.78 is 168. The number of nitrogens with zero attached hydrogens (tertiary/aromatic N) is 13. The van der Waals surface area contributed by atoms with Crippen molar-refractivity contribution in [3.8, 4) is 0 Å². The van der Waals surface area contributed by atoms with Gasteiger partial charge in [-0.15, -0.1) is 0 Å². The highest BCUT2D eigenvalue weighted by atomic mass is 32.7. The normalized spacial score (nSPS) is 27.1. The van der Waals surface area contributed by atoms with Crippen LogP contribution in [-0.4, -0.2) is 315 Å². The number of imidazole rings is 3. The molecule has 9 aromatic heterocycles. The van der Waals surface area contributed by atoms with Gasteiger partial charge in [-0.1, -0.05) is 7.43 Å². The fourth-order valence-corrected chi connectivity index (χ4v) is 23.5. The van der Waals surface area contributed by atoms with Crippen LogP contribution in [0, 0.1) is 0 Å². The van der Waals surface area contributed by atoms with Crippen molar-refractivity contribution in [2.24, 2.45) is 0 Å². The van der Waals surface area contributed by atoms with Crippen molar-refractivity contribution in [2.75, 3.05) is 96.0 Å². The smallest absolute Gasteiger partial charge is 0.432 e. The Labute approximate surface area is 814 Å². The zero-order chi connectivity index (χ0) is 102. The Balaban J connectivity index is 0.000000190. The van der Waals surface area contributed by atoms with Gasteiger partial charge in [-0.2, -0.15) is 0 Å². The summed E-state index contributed by atoms with van der Waals surface area (Å²) in [6.07, 6.45) is -14.9. The number of nitrogens with two attached hydrogens (primary N) is 3. The lowest BCUT2D eigenvalue weighted by atomic mass is 10.1. The molecular formula is C78H108N19O39P3S3. The summed E-state index contributed by atoms with van der Waals surface area (Å²) in [7, 11) is 3.84. The van der Waals surface area contributed by atoms with Gasteiger partial charge in [0.25, 0.3) is 16.7 Å². The molecule has 6 aliphatic rings. The van der Waals surface area contributed by atoms with Gasteiger partial charge in [0, 0.05) is 124 Å². The molecule has 0 saturated carbocycles. The van der Waals surface area contributed by atoms with E-state index in [2.05, 4.69) is 49.8 Å². The van der Waals surface area contributed by atoms with E-state index in [0.717, 1.165) is 31.9 Å². The number of hydrogen-bond acceptors (Lipinski definition) is 52. The lowest BCUT2D eigenvalue weighted by molar-refractivity contribution is -0.0625. The molecule has 0 aliphatic carbocycles. The summed E-state index contributed by atoms with van der Waals surface area (Å²) >= 11 is 1.44. The van der Waals surface area contributed by atoms with Crippen LogP contribution in [0.5, 0.6) is 0 Å². The maximum absolute atomic E-state index is 14.2. The van der Waals surface area contributed by atoms with Crippen LogP contribution < -0.4 is 50.9 Å². The largest absolute Gasteiger partial charge is 0.509 e. The number of pyridine rings is 2. The zero-order valence-electron chi connectivity index (χ0n) is 76.2. The van der Waals surface area contributed by atoms with Crippen LogP contribution in [0.2, 0.25) is 0 Å². The van der Waals surface area contributed by atoms with Gasteiger partial charge in [-0.05, 0) is 53.7 Å². The quantitative estimate of drug-likeness (QED) is 0.0114. The van der Waals surface area contributed by atoms with E-state index < -0.39 is 277 Å². The van der Waals surface area contributed by atoms with Crippen LogP contribution in [0.15, 0.2) is 115 Å². The van der Waals surface area contributed by atoms with Gasteiger partial charge in [-0.25, -0.2) is 77.4 Å². The van der Waals surface area contributed by atoms with E-state index in [-0.39, 0.29) is 32.5 Å². The first-order valence-electron chi connectivity index (χ1n) is 42.9. The minimum atomic E-state index is -4.38. The second-order valence-electron chi connectivity index (χ2n) is 32.1. The first-order chi connectivity index (χ1) is 67.3. The third kappa shape index (κ3) is 26.8. The Kier molecular flexibility index (Phi) is 38.4. The van der Waals surface area contributed by atoms with E-state index in [1.807, 2.05) is 0 Å². The first kappa shape index (κ1) is 111. The molecule has 6 fully saturated rings. The van der Waals surface area contributed by atoms with Crippen LogP contribution in [0.25, 0.3) is 33.5 Å². The number of aliphatic hydroxyl groups excluding tert-OH is 6. The summed E-state index contributed by atoms with van der Waals surface area (Å²) in [5.41, 5.74) is 16.8. The molecule has 0 spiro atoms. The number of anilines is 3. The maximum Gasteiger partial charge on any atom is 0.509 e. The zero-order valence-corrected chi connectivity index (χ0v) is 81.3. The molecule has 6 saturated heterocycles. The molecule has 15 heterocycles. The average molecular weight is 2120 g/mol. The number of aliphatic hydroxyl groups is 6. The van der Waals surface area contributed by atoms with E-state index >= 15 is 0 Å². The third-order valence-electron chi connectivity index (χ3n) is 21.6. The van der Waals surface area contributed by atoms with Gasteiger partial charge in [0.15, 0.2) is 59.3 Å². The van der Waals surface area contributed by atoms with Crippen molar-refractivity contribution in [1.82, 2.24) is 77.2 Å². The number of hydrogen-bond donors (Lipinski definition) is 12. The van der Waals surface area contributed by atoms with E-state index in [0.29, 0.717) is 79.0 Å². The van der Waals surface area contributed by atoms with E-state index in [4.69, 9.17) is 115 Å². The van der Waals surface area contributed by atoms with Crippen LogP contribution in [0.4, 0.5) is 31.6 Å². The molecule has 64 heteroatoms. The highest BCUT2D eigenvalue weighted by Gasteiger charge is 2.55. The summed E-state index contributed by atoms with van der Waals surface area (Å²) in [5, 5.41) is 62.8. The fourth-order valence-electron chi connectivity index (χ4n) is 15.1. The monoisotopic (exact) mass is 2120 g/mol. The minimum absolute atomic E-state index is 0. The van der Waals surface area contributed by atoms with E-state index in [1.54, 1.807) is 67.4 Å². The van der Waals surface area contributed by atoms with Crippen molar-refractivity contribution < 1.29 is 157 Å². The number of carbonyl (C=O) groups excluding carboxylic acids is 3. The van der Waals surface area contributed by atoms with Crippen molar-refractivity contribution in [3.05, 3.63) is 149 Å². The number of rotatable bonds is 39. The highest BCUT2D eigenvalue weighted by Crippen LogP contribution is 2.66. The highest BCUT2D eigenvalue weighted by molar-refractivity contribution is 8.55. The third-order valence-corrected chi connectivity index (χ3v) is 31.6. The molecule has 6 aliphatic heterocycles. The topological polar surface area (TPSA) is 765 Å². The molecule has 142 heavy (non-hydrogen) atoms. The number of fused-ring (bicyclic) bond motifs is 3. The first-order valence-corrected chi connectivity index (χ1v) is 52.3. The van der Waals surface area contributed by atoms with Crippen LogP contribution in [0.1, 0.15) is 106 Å². The second-order valence-corrected chi connectivity index (χ2v) is 44.0. The number of nitrogens with one attached hydrogen (secondary N) is 3. The molecule has 15 rings (SSSR count). The van der Waals surface area contributed by atoms with Gasteiger partial charge in [0.1, 0.15) is 115 Å². The van der Waals surface area contributed by atoms with Gasteiger partial charge >= 0.3 is 55.9 Å². The number of carbonyl (C=O) groups is 3. The molecule has 9 aromatic rings. The Morgan fingerprint density at radius 3 is 1.00 bits per heavy atom. The molecule has 58 nitrogen and oxygen atoms in total. The number of methoxy groups -OCH3 is 3. The number of ether oxygens (including phenoxy) is 15. The Bertz CT molecular complexity index is 5740. The SMILES string of the molecule is C.COC1[C@@H](OP(=O)(OC[C@H]2O[C@@H](n3cnc4c(N)ccnc43)C[C@H]2O)SCOC(=O)OC(C)C)[C@@H](CO)O[C@H]1n1ccc(=O)[nH]c1=O.COC1[C@@H](O[P@@](=O)(OC[C@H]2O[C@@H](n3cnc4c(N)ncnc43)C[C@H]2O)SCOC(=O)OC(C)C)[C@@H](CO)O[C@H]1n1ccc(=O)[nH]c1=O.COC1[C@@H](O[P@](=O)(OC[C@H]2O[C@@H](n3cnc4c(N)ccnc43)C[C@H]2O)SCOC(=O)OC(C)C)[C@@H](CO)O[C@H]1n1ccc(=O)[nH]c1=O. The Morgan fingerprint density at radius 1 is 0.423 bits per heavy atom. The molecule has 0 radical (unpaired) electrons. The summed E-state index contributed by atoms with van der Waals surface area (Å²) in [4.78, 5) is 144. The Morgan fingerprint density at radius 2 is 0.718 bits per heavy atom. The van der Waals surface area contributed by atoms with Crippen molar-refractivity contribution in [2.45, 2.75) is 215 Å². The summed E-state index contributed by atoms with van der Waals surface area (Å²) in [6.45, 7) is -6.72. The van der Waals surface area contributed by atoms with Gasteiger partial charge in [0.2, 0.25) is 0 Å². The van der Waals surface area contributed by atoms with E-state index in [1.165, 1.54) is 77.6 Å². The lowest BCUT2D eigenvalue weighted by Crippen LogP contribution is -2.39. The minimum Gasteiger partial charge on any atom is -0.432 e. The Hall–Kier alpha value is -10.1. The maximum atomic E-state index is 14.2. The molecule has 0 amide bonds. The van der Waals surface area contributed by atoms with Crippen LogP contribution in [0.3, 0.4) is 0 Å². The standard InChI is InChI=1S/2C26H35N6O13PS.C25H34N7O13PS.CH4/c2*1-13(2)42-26(37)40-12-47-46(38,45-21-16(9-33)44-24(22(21)39-3)31-7-5-18(35)30-25(31)36)41-10-17-15(34)8-19(43-17)32-11-29-20-14(27)4-6-28-23(20)32;1-12(2)42-25(37)40-11-47-46(38,45-19-14(7-33)44-23(20(19)39-3)31-5-4-16(35)30-24(31)36)41-8-15-13(34)6-17(43-15)32-10-29-18-21(26)27-9-28-22(18)32;/h2*4-7,11,13,15-17,19,21-22,24,33-34H,8-10,12H2,1-3H3,(H2,27,28)(H,30,35,36);4-5,9-10,12-15,17,19-20,23,33-34H,6-8,11H2,1-3H3,(H2,26,27,28)(H,30,35,36);1H4/t15-,16-,17-,19-,21+,22?,24-,46?;15-,16-,17-,19-,21+,22?,24-,46+;13-,14-,15-,17-,19+,20?,23-,46-;/m111./s1. The van der Waals surface area contributed by atoms with Crippen LogP contribution >= 0.6 is 54.5 Å². The van der Waals surface area contributed by atoms with Crippen molar-refractivity contribution in [3.63, 3.8) is 0 Å². The van der Waals surface area contributed by atoms with Crippen molar-refractivity contribution >= 4 is 124 Å². The molecule has 4 unspecified atom stereocenters. The average Bonchev–Trinajstić information content (AvgIpc) is 1.62. The van der Waals surface area contributed by atoms with Gasteiger partial charge < -0.3 is 119 Å². The molecule has 782 valence electrons. The number of aromatic amines is 3. The number of aromatic nitrogens is 16. The number of H-pyrrole nitrogens is 3. The fraction of sp³-hybridized carbons (Fsp3) is 0.590.